The second kappa shape index (κ2) is 6.25. The van der Waals surface area contributed by atoms with Gasteiger partial charge in [0.25, 0.3) is 0 Å². The summed E-state index contributed by atoms with van der Waals surface area (Å²) in [7, 11) is 1.50. The first-order valence-electron chi connectivity index (χ1n) is 8.59. The van der Waals surface area contributed by atoms with Crippen molar-refractivity contribution in [3.05, 3.63) is 0 Å². The molecule has 1 spiro atoms. The number of methoxy groups -OCH3 is 1. The molecule has 2 heterocycles. The van der Waals surface area contributed by atoms with E-state index in [1.807, 2.05) is 0 Å². The van der Waals surface area contributed by atoms with Gasteiger partial charge in [-0.15, -0.1) is 0 Å². The van der Waals surface area contributed by atoms with Gasteiger partial charge in [0.15, 0.2) is 0 Å². The maximum atomic E-state index is 11.9. The van der Waals surface area contributed by atoms with Crippen molar-refractivity contribution < 1.29 is 14.3 Å². The van der Waals surface area contributed by atoms with Crippen LogP contribution in [0.25, 0.3) is 0 Å². The molecular weight excluding hydrogens is 266 g/mol. The summed E-state index contributed by atoms with van der Waals surface area (Å²) >= 11 is 0. The summed E-state index contributed by atoms with van der Waals surface area (Å²) < 4.78 is 11.2. The molecule has 3 unspecified atom stereocenters. The lowest BCUT2D eigenvalue weighted by Crippen LogP contribution is -2.49. The quantitative estimate of drug-likeness (QED) is 0.734. The van der Waals surface area contributed by atoms with Gasteiger partial charge in [-0.05, 0) is 31.6 Å². The Bertz CT molecular complexity index is 373. The van der Waals surface area contributed by atoms with Crippen molar-refractivity contribution in [2.75, 3.05) is 26.8 Å². The van der Waals surface area contributed by atoms with Gasteiger partial charge in [-0.25, -0.2) is 0 Å². The molecule has 2 aliphatic heterocycles. The molecule has 0 aromatic carbocycles. The van der Waals surface area contributed by atoms with E-state index in [2.05, 4.69) is 11.8 Å². The maximum Gasteiger partial charge on any atom is 0.310 e. The Morgan fingerprint density at radius 2 is 2.00 bits per heavy atom. The van der Waals surface area contributed by atoms with E-state index in [4.69, 9.17) is 9.47 Å². The minimum absolute atomic E-state index is 0.0376. The molecule has 0 N–H and O–H groups in total. The summed E-state index contributed by atoms with van der Waals surface area (Å²) in [5.41, 5.74) is 0.147. The maximum absolute atomic E-state index is 11.9. The highest BCUT2D eigenvalue weighted by molar-refractivity contribution is 5.73. The van der Waals surface area contributed by atoms with E-state index >= 15 is 0 Å². The normalized spacial score (nSPS) is 36.8. The van der Waals surface area contributed by atoms with Crippen LogP contribution in [0.5, 0.6) is 0 Å². The fourth-order valence-corrected chi connectivity index (χ4v) is 4.62. The Labute approximate surface area is 128 Å². The highest BCUT2D eigenvalue weighted by Gasteiger charge is 2.44. The van der Waals surface area contributed by atoms with Gasteiger partial charge in [0.1, 0.15) is 0 Å². The predicted octanol–water partition coefficient (Wildman–Crippen LogP) is 2.61. The molecule has 120 valence electrons. The van der Waals surface area contributed by atoms with E-state index in [1.165, 1.54) is 39.2 Å². The van der Waals surface area contributed by atoms with Gasteiger partial charge < -0.3 is 9.47 Å². The molecule has 3 atom stereocenters. The Morgan fingerprint density at radius 3 is 2.71 bits per heavy atom. The molecule has 3 fully saturated rings. The standard InChI is InChI=1S/C17H29NO3/c1-13-11-18(12-15(13)16(19)20-2)14-6-9-21-17(10-14)7-4-3-5-8-17/h13-15H,3-12H2,1-2H3. The molecule has 0 aromatic rings. The summed E-state index contributed by atoms with van der Waals surface area (Å²) in [5.74, 6) is 0.423. The van der Waals surface area contributed by atoms with E-state index in [1.54, 1.807) is 0 Å². The van der Waals surface area contributed by atoms with Crippen molar-refractivity contribution in [1.29, 1.82) is 0 Å². The first-order valence-corrected chi connectivity index (χ1v) is 8.59. The Morgan fingerprint density at radius 1 is 1.24 bits per heavy atom. The molecule has 0 radical (unpaired) electrons. The van der Waals surface area contributed by atoms with Crippen LogP contribution in [0, 0.1) is 11.8 Å². The van der Waals surface area contributed by atoms with Gasteiger partial charge in [-0.3, -0.25) is 9.69 Å². The SMILES string of the molecule is COC(=O)C1CN(C2CCOC3(CCCCC3)C2)CC1C. The molecule has 0 bridgehead atoms. The van der Waals surface area contributed by atoms with Gasteiger partial charge in [0, 0.05) is 25.7 Å². The minimum Gasteiger partial charge on any atom is -0.469 e. The first kappa shape index (κ1) is 15.3. The zero-order chi connectivity index (χ0) is 14.9. The Kier molecular flexibility index (Phi) is 4.55. The molecule has 4 heteroatoms. The van der Waals surface area contributed by atoms with Crippen LogP contribution < -0.4 is 0 Å². The smallest absolute Gasteiger partial charge is 0.310 e. The number of carbonyl (C=O) groups excluding carboxylic acids is 1. The highest BCUT2D eigenvalue weighted by Crippen LogP contribution is 2.41. The topological polar surface area (TPSA) is 38.8 Å². The van der Waals surface area contributed by atoms with Crippen LogP contribution in [0.15, 0.2) is 0 Å². The number of nitrogens with zero attached hydrogens (tertiary/aromatic N) is 1. The van der Waals surface area contributed by atoms with Crippen molar-refractivity contribution in [3.63, 3.8) is 0 Å². The summed E-state index contributed by atoms with van der Waals surface area (Å²) in [6.07, 6.45) is 8.72. The molecule has 0 aromatic heterocycles. The lowest BCUT2D eigenvalue weighted by molar-refractivity contribution is -0.146. The first-order chi connectivity index (χ1) is 10.1. The van der Waals surface area contributed by atoms with Crippen molar-refractivity contribution in [2.45, 2.75) is 63.5 Å². The van der Waals surface area contributed by atoms with Crippen LogP contribution in [0.3, 0.4) is 0 Å². The number of carbonyl (C=O) groups is 1. The number of rotatable bonds is 2. The van der Waals surface area contributed by atoms with Crippen LogP contribution in [0.2, 0.25) is 0 Å². The zero-order valence-electron chi connectivity index (χ0n) is 13.5. The fourth-order valence-electron chi connectivity index (χ4n) is 4.62. The van der Waals surface area contributed by atoms with Gasteiger partial charge >= 0.3 is 5.97 Å². The third kappa shape index (κ3) is 3.11. The summed E-state index contributed by atoms with van der Waals surface area (Å²) in [5, 5.41) is 0. The Balaban J connectivity index is 1.63. The second-order valence-corrected chi connectivity index (χ2v) is 7.30. The number of ether oxygens (including phenoxy) is 2. The third-order valence-corrected chi connectivity index (χ3v) is 5.89. The largest absolute Gasteiger partial charge is 0.469 e. The van der Waals surface area contributed by atoms with Crippen LogP contribution in [0.1, 0.15) is 51.9 Å². The fraction of sp³-hybridized carbons (Fsp3) is 0.941. The molecule has 3 aliphatic rings. The van der Waals surface area contributed by atoms with Crippen molar-refractivity contribution >= 4 is 5.97 Å². The summed E-state index contributed by atoms with van der Waals surface area (Å²) in [4.78, 5) is 14.4. The lowest BCUT2D eigenvalue weighted by atomic mass is 9.78. The summed E-state index contributed by atoms with van der Waals surface area (Å²) in [6, 6.07) is 0.592. The second-order valence-electron chi connectivity index (χ2n) is 7.30. The average Bonchev–Trinajstić information content (AvgIpc) is 2.89. The van der Waals surface area contributed by atoms with Crippen molar-refractivity contribution in [2.24, 2.45) is 11.8 Å². The molecule has 1 saturated carbocycles. The molecule has 1 aliphatic carbocycles. The number of hydrogen-bond acceptors (Lipinski definition) is 4. The Hall–Kier alpha value is -0.610. The molecule has 2 saturated heterocycles. The number of hydrogen-bond donors (Lipinski definition) is 0. The van der Waals surface area contributed by atoms with Crippen molar-refractivity contribution in [1.82, 2.24) is 4.90 Å². The van der Waals surface area contributed by atoms with E-state index in [0.717, 1.165) is 32.5 Å². The number of esters is 1. The van der Waals surface area contributed by atoms with Crippen LogP contribution in [-0.4, -0.2) is 49.3 Å². The zero-order valence-corrected chi connectivity index (χ0v) is 13.5. The van der Waals surface area contributed by atoms with Gasteiger partial charge in [0.2, 0.25) is 0 Å². The highest BCUT2D eigenvalue weighted by atomic mass is 16.5. The van der Waals surface area contributed by atoms with Gasteiger partial charge in [-0.1, -0.05) is 26.2 Å². The molecule has 3 rings (SSSR count). The lowest BCUT2D eigenvalue weighted by Gasteiger charge is -2.46. The van der Waals surface area contributed by atoms with Crippen LogP contribution >= 0.6 is 0 Å². The minimum atomic E-state index is -0.0376. The summed E-state index contributed by atoms with van der Waals surface area (Å²) in [6.45, 7) is 4.96. The van der Waals surface area contributed by atoms with E-state index in [9.17, 15) is 4.79 Å². The van der Waals surface area contributed by atoms with E-state index in [0.29, 0.717) is 12.0 Å². The van der Waals surface area contributed by atoms with Gasteiger partial charge in [-0.2, -0.15) is 0 Å². The molecular formula is C17H29NO3. The van der Waals surface area contributed by atoms with Crippen LogP contribution in [0.4, 0.5) is 0 Å². The van der Waals surface area contributed by atoms with Crippen LogP contribution in [-0.2, 0) is 14.3 Å². The monoisotopic (exact) mass is 295 g/mol. The third-order valence-electron chi connectivity index (χ3n) is 5.89. The molecule has 0 amide bonds. The van der Waals surface area contributed by atoms with E-state index in [-0.39, 0.29) is 17.5 Å². The predicted molar refractivity (Wildman–Crippen MR) is 81.0 cm³/mol. The number of likely N-dealkylation sites (tertiary alicyclic amines) is 1. The molecule has 21 heavy (non-hydrogen) atoms. The van der Waals surface area contributed by atoms with Crippen molar-refractivity contribution in [3.8, 4) is 0 Å². The average molecular weight is 295 g/mol. The van der Waals surface area contributed by atoms with Gasteiger partial charge in [0.05, 0.1) is 18.6 Å². The molecule has 4 nitrogen and oxygen atoms in total. The van der Waals surface area contributed by atoms with E-state index < -0.39 is 0 Å².